The summed E-state index contributed by atoms with van der Waals surface area (Å²) >= 11 is 0. The van der Waals surface area contributed by atoms with Crippen LogP contribution in [0.2, 0.25) is 0 Å². The van der Waals surface area contributed by atoms with Crippen LogP contribution in [0.15, 0.2) is 42.5 Å². The summed E-state index contributed by atoms with van der Waals surface area (Å²) < 4.78 is 5.33. The maximum atomic E-state index is 13.2. The first-order valence-electron chi connectivity index (χ1n) is 9.84. The first kappa shape index (κ1) is 19.2. The standard InChI is InChI=1S/C23H24N2O4/c1-15-10-16(2)12-17(11-15)14-29-20(26)13-25-21(27)23(24-22(25)28)9-5-7-18-6-3-4-8-19(18)23/h3-4,6,8,10-12H,5,7,9,13-14H2,1-2H3,(H,24,28). The van der Waals surface area contributed by atoms with Gasteiger partial charge in [-0.25, -0.2) is 4.79 Å². The van der Waals surface area contributed by atoms with E-state index in [1.807, 2.05) is 56.3 Å². The third-order valence-corrected chi connectivity index (χ3v) is 5.62. The van der Waals surface area contributed by atoms with Gasteiger partial charge < -0.3 is 10.1 Å². The zero-order valence-electron chi connectivity index (χ0n) is 16.7. The molecule has 0 radical (unpaired) electrons. The maximum absolute atomic E-state index is 13.2. The molecule has 3 amide bonds. The van der Waals surface area contributed by atoms with Crippen molar-refractivity contribution in [1.29, 1.82) is 0 Å². The third kappa shape index (κ3) is 3.50. The highest BCUT2D eigenvalue weighted by Gasteiger charge is 2.54. The second-order valence-electron chi connectivity index (χ2n) is 7.89. The van der Waals surface area contributed by atoms with Crippen molar-refractivity contribution in [2.24, 2.45) is 0 Å². The van der Waals surface area contributed by atoms with E-state index in [4.69, 9.17) is 4.74 Å². The lowest BCUT2D eigenvalue weighted by atomic mass is 9.76. The molecule has 1 aliphatic carbocycles. The molecule has 1 heterocycles. The van der Waals surface area contributed by atoms with Crippen LogP contribution in [0.1, 0.15) is 40.7 Å². The topological polar surface area (TPSA) is 75.7 Å². The van der Waals surface area contributed by atoms with Crippen molar-refractivity contribution in [2.75, 3.05) is 6.54 Å². The quantitative estimate of drug-likeness (QED) is 0.641. The van der Waals surface area contributed by atoms with Crippen LogP contribution >= 0.6 is 0 Å². The molecule has 2 aromatic carbocycles. The predicted octanol–water partition coefficient (Wildman–Crippen LogP) is 3.13. The molecule has 2 aliphatic rings. The summed E-state index contributed by atoms with van der Waals surface area (Å²) in [5.74, 6) is -0.980. The third-order valence-electron chi connectivity index (χ3n) is 5.62. The van der Waals surface area contributed by atoms with Crippen LogP contribution in [-0.2, 0) is 32.9 Å². The number of benzene rings is 2. The number of esters is 1. The molecular formula is C23H24N2O4. The number of aryl methyl sites for hydroxylation is 3. The lowest BCUT2D eigenvalue weighted by Gasteiger charge is -2.33. The summed E-state index contributed by atoms with van der Waals surface area (Å²) in [5, 5.41) is 2.85. The molecule has 0 aromatic heterocycles. The second-order valence-corrected chi connectivity index (χ2v) is 7.89. The van der Waals surface area contributed by atoms with Crippen LogP contribution in [0.25, 0.3) is 0 Å². The predicted molar refractivity (Wildman–Crippen MR) is 107 cm³/mol. The van der Waals surface area contributed by atoms with Crippen molar-refractivity contribution in [2.45, 2.75) is 45.3 Å². The average Bonchev–Trinajstić information content (AvgIpc) is 2.91. The summed E-state index contributed by atoms with van der Waals surface area (Å²) in [6, 6.07) is 13.1. The number of hydrogen-bond acceptors (Lipinski definition) is 4. The number of ether oxygens (including phenoxy) is 1. The zero-order valence-corrected chi connectivity index (χ0v) is 16.7. The number of fused-ring (bicyclic) bond motifs is 2. The van der Waals surface area contributed by atoms with Crippen molar-refractivity contribution < 1.29 is 19.1 Å². The fourth-order valence-corrected chi connectivity index (χ4v) is 4.45. The van der Waals surface area contributed by atoms with Gasteiger partial charge in [0.1, 0.15) is 18.7 Å². The minimum atomic E-state index is -1.07. The fourth-order valence-electron chi connectivity index (χ4n) is 4.45. The van der Waals surface area contributed by atoms with Crippen LogP contribution in [0.3, 0.4) is 0 Å². The lowest BCUT2D eigenvalue weighted by molar-refractivity contribution is -0.149. The molecule has 6 heteroatoms. The van der Waals surface area contributed by atoms with Gasteiger partial charge in [-0.15, -0.1) is 0 Å². The van der Waals surface area contributed by atoms with E-state index < -0.39 is 17.5 Å². The van der Waals surface area contributed by atoms with Gasteiger partial charge in [-0.3, -0.25) is 14.5 Å². The van der Waals surface area contributed by atoms with E-state index in [1.165, 1.54) is 0 Å². The molecule has 1 spiro atoms. The average molecular weight is 392 g/mol. The first-order chi connectivity index (χ1) is 13.9. The van der Waals surface area contributed by atoms with E-state index >= 15 is 0 Å². The zero-order chi connectivity index (χ0) is 20.6. The molecule has 1 saturated heterocycles. The molecule has 6 nitrogen and oxygen atoms in total. The number of urea groups is 1. The molecule has 29 heavy (non-hydrogen) atoms. The van der Waals surface area contributed by atoms with E-state index in [0.29, 0.717) is 6.42 Å². The monoisotopic (exact) mass is 392 g/mol. The van der Waals surface area contributed by atoms with Gasteiger partial charge >= 0.3 is 12.0 Å². The van der Waals surface area contributed by atoms with Gasteiger partial charge in [0.05, 0.1) is 0 Å². The van der Waals surface area contributed by atoms with E-state index in [2.05, 4.69) is 5.32 Å². The van der Waals surface area contributed by atoms with Crippen molar-refractivity contribution in [3.8, 4) is 0 Å². The van der Waals surface area contributed by atoms with Crippen molar-refractivity contribution in [1.82, 2.24) is 10.2 Å². The summed E-state index contributed by atoms with van der Waals surface area (Å²) in [7, 11) is 0. The highest BCUT2D eigenvalue weighted by molar-refractivity contribution is 6.09. The Morgan fingerprint density at radius 2 is 1.86 bits per heavy atom. The molecule has 4 rings (SSSR count). The van der Waals surface area contributed by atoms with Crippen LogP contribution in [-0.4, -0.2) is 29.4 Å². The maximum Gasteiger partial charge on any atom is 0.326 e. The van der Waals surface area contributed by atoms with Crippen LogP contribution in [0, 0.1) is 13.8 Å². The first-order valence-corrected chi connectivity index (χ1v) is 9.84. The molecule has 2 aromatic rings. The minimum absolute atomic E-state index is 0.110. The van der Waals surface area contributed by atoms with Gasteiger partial charge in [0.25, 0.3) is 5.91 Å². The second kappa shape index (κ2) is 7.35. The van der Waals surface area contributed by atoms with Gasteiger partial charge in [0.2, 0.25) is 0 Å². The Morgan fingerprint density at radius 3 is 2.62 bits per heavy atom. The van der Waals surface area contributed by atoms with Crippen LogP contribution in [0.4, 0.5) is 4.79 Å². The lowest BCUT2D eigenvalue weighted by Crippen LogP contribution is -2.46. The van der Waals surface area contributed by atoms with E-state index in [0.717, 1.165) is 45.6 Å². The summed E-state index contributed by atoms with van der Waals surface area (Å²) in [4.78, 5) is 39.1. The highest BCUT2D eigenvalue weighted by Crippen LogP contribution is 2.39. The number of carbonyl (C=O) groups is 3. The van der Waals surface area contributed by atoms with Gasteiger partial charge in [0.15, 0.2) is 0 Å². The number of carbonyl (C=O) groups excluding carboxylic acids is 3. The highest BCUT2D eigenvalue weighted by atomic mass is 16.5. The fraction of sp³-hybridized carbons (Fsp3) is 0.348. The van der Waals surface area contributed by atoms with Gasteiger partial charge in [0, 0.05) is 0 Å². The Labute approximate surface area is 169 Å². The molecule has 1 fully saturated rings. The number of imide groups is 1. The Balaban J connectivity index is 1.47. The van der Waals surface area contributed by atoms with E-state index in [1.54, 1.807) is 0 Å². The van der Waals surface area contributed by atoms with Crippen LogP contribution in [0.5, 0.6) is 0 Å². The molecule has 1 unspecified atom stereocenters. The number of rotatable bonds is 4. The normalized spacial score (nSPS) is 20.6. The van der Waals surface area contributed by atoms with E-state index in [9.17, 15) is 14.4 Å². The Hall–Kier alpha value is -3.15. The van der Waals surface area contributed by atoms with Crippen LogP contribution < -0.4 is 5.32 Å². The molecular weight excluding hydrogens is 368 g/mol. The Morgan fingerprint density at radius 1 is 1.14 bits per heavy atom. The Bertz CT molecular complexity index is 980. The summed E-state index contributed by atoms with van der Waals surface area (Å²) in [6.07, 6.45) is 2.20. The molecule has 1 atom stereocenters. The van der Waals surface area contributed by atoms with Gasteiger partial charge in [-0.2, -0.15) is 0 Å². The smallest absolute Gasteiger partial charge is 0.326 e. The number of nitrogens with one attached hydrogen (secondary N) is 1. The minimum Gasteiger partial charge on any atom is -0.459 e. The Kier molecular flexibility index (Phi) is 4.86. The largest absolute Gasteiger partial charge is 0.459 e. The van der Waals surface area contributed by atoms with Crippen molar-refractivity contribution >= 4 is 17.9 Å². The van der Waals surface area contributed by atoms with Gasteiger partial charge in [-0.05, 0) is 49.8 Å². The number of hydrogen-bond donors (Lipinski definition) is 1. The number of amides is 3. The number of nitrogens with zero attached hydrogens (tertiary/aromatic N) is 1. The SMILES string of the molecule is Cc1cc(C)cc(COC(=O)CN2C(=O)NC3(CCCc4ccccc43)C2=O)c1. The molecule has 1 aliphatic heterocycles. The van der Waals surface area contributed by atoms with Gasteiger partial charge in [-0.1, -0.05) is 53.6 Å². The molecule has 150 valence electrons. The molecule has 0 saturated carbocycles. The molecule has 1 N–H and O–H groups in total. The van der Waals surface area contributed by atoms with E-state index in [-0.39, 0.29) is 19.1 Å². The molecule has 0 bridgehead atoms. The van der Waals surface area contributed by atoms with Crippen molar-refractivity contribution in [3.05, 3.63) is 70.3 Å². The summed E-state index contributed by atoms with van der Waals surface area (Å²) in [6.45, 7) is 3.68. The van der Waals surface area contributed by atoms with Crippen molar-refractivity contribution in [3.63, 3.8) is 0 Å². The summed E-state index contributed by atoms with van der Waals surface area (Å²) in [5.41, 5.74) is 3.87.